The molecule has 1 amide bonds. The molecule has 4 nitrogen and oxygen atoms in total. The molecule has 0 saturated carbocycles. The molecule has 4 heteroatoms. The molecule has 25 heavy (non-hydrogen) atoms. The van der Waals surface area contributed by atoms with Gasteiger partial charge in [-0.15, -0.1) is 0 Å². The van der Waals surface area contributed by atoms with Crippen molar-refractivity contribution >= 4 is 18.3 Å². The maximum absolute atomic E-state index is 12.0. The lowest BCUT2D eigenvalue weighted by Crippen LogP contribution is -2.35. The van der Waals surface area contributed by atoms with E-state index in [4.69, 9.17) is 0 Å². The van der Waals surface area contributed by atoms with Gasteiger partial charge in [-0.3, -0.25) is 9.79 Å². The Morgan fingerprint density at radius 1 is 1.24 bits per heavy atom. The number of piperidine rings is 1. The zero-order valence-corrected chi connectivity index (χ0v) is 16.1. The van der Waals surface area contributed by atoms with Crippen LogP contribution in [0.1, 0.15) is 45.1 Å². The van der Waals surface area contributed by atoms with E-state index in [2.05, 4.69) is 28.5 Å². The summed E-state index contributed by atoms with van der Waals surface area (Å²) in [6, 6.07) is 7.90. The van der Waals surface area contributed by atoms with Crippen LogP contribution >= 0.6 is 0 Å². The molecule has 1 aromatic carbocycles. The second kappa shape index (κ2) is 11.6. The van der Waals surface area contributed by atoms with Crippen LogP contribution < -0.4 is 5.32 Å². The summed E-state index contributed by atoms with van der Waals surface area (Å²) in [5, 5.41) is 2.95. The van der Waals surface area contributed by atoms with Gasteiger partial charge in [0.2, 0.25) is 5.91 Å². The van der Waals surface area contributed by atoms with Gasteiger partial charge in [0.15, 0.2) is 0 Å². The quantitative estimate of drug-likeness (QED) is 0.731. The Labute approximate surface area is 153 Å². The second-order valence-electron chi connectivity index (χ2n) is 6.38. The van der Waals surface area contributed by atoms with Gasteiger partial charge in [-0.05, 0) is 64.0 Å². The standard InChI is InChI=1S/C19H27N3O.C2H6/c1-15-4-6-18(7-5-15)21-19(23)10-13-22-11-8-17(9-12-22)14-16(2)20-3;1-2/h4-7,17H,2-3,8-14H2,1H3,(H,21,23);1-2H3. The number of aryl methyl sites for hydroxylation is 1. The number of hydrogen-bond donors (Lipinski definition) is 1. The van der Waals surface area contributed by atoms with Crippen LogP contribution in [-0.4, -0.2) is 37.2 Å². The minimum atomic E-state index is 0.0835. The maximum Gasteiger partial charge on any atom is 0.225 e. The van der Waals surface area contributed by atoms with Crippen molar-refractivity contribution in [3.05, 3.63) is 42.1 Å². The molecule has 1 aliphatic rings. The molecule has 0 atom stereocenters. The third-order valence-electron chi connectivity index (χ3n) is 4.45. The van der Waals surface area contributed by atoms with E-state index in [0.717, 1.165) is 50.3 Å². The Hall–Kier alpha value is -1.94. The van der Waals surface area contributed by atoms with Gasteiger partial charge < -0.3 is 10.2 Å². The summed E-state index contributed by atoms with van der Waals surface area (Å²) in [5.41, 5.74) is 2.95. The number of carbonyl (C=O) groups excluding carboxylic acids is 1. The summed E-state index contributed by atoms with van der Waals surface area (Å²) in [5.74, 6) is 0.742. The highest BCUT2D eigenvalue weighted by atomic mass is 16.1. The van der Waals surface area contributed by atoms with Crippen molar-refractivity contribution in [1.82, 2.24) is 4.90 Å². The monoisotopic (exact) mass is 343 g/mol. The Balaban J connectivity index is 0.00000151. The molecule has 0 bridgehead atoms. The summed E-state index contributed by atoms with van der Waals surface area (Å²) in [4.78, 5) is 18.3. The molecular weight excluding hydrogens is 310 g/mol. The lowest BCUT2D eigenvalue weighted by atomic mass is 9.92. The number of aliphatic imine (C=N–C) groups is 1. The van der Waals surface area contributed by atoms with Gasteiger partial charge in [0.25, 0.3) is 0 Å². The summed E-state index contributed by atoms with van der Waals surface area (Å²) in [7, 11) is 0. The number of amides is 1. The van der Waals surface area contributed by atoms with E-state index in [-0.39, 0.29) is 5.91 Å². The average molecular weight is 344 g/mol. The molecule has 0 spiro atoms. The Morgan fingerprint density at radius 3 is 2.40 bits per heavy atom. The Bertz CT molecular complexity index is 543. The third kappa shape index (κ3) is 8.12. The van der Waals surface area contributed by atoms with E-state index in [1.807, 2.05) is 45.0 Å². The number of carbonyl (C=O) groups is 1. The predicted molar refractivity (Wildman–Crippen MR) is 108 cm³/mol. The molecule has 1 saturated heterocycles. The highest BCUT2D eigenvalue weighted by Gasteiger charge is 2.20. The van der Waals surface area contributed by atoms with E-state index in [1.54, 1.807) is 0 Å². The van der Waals surface area contributed by atoms with Crippen LogP contribution in [0.5, 0.6) is 0 Å². The number of hydrogen-bond acceptors (Lipinski definition) is 3. The minimum absolute atomic E-state index is 0.0835. The topological polar surface area (TPSA) is 44.7 Å². The SMILES string of the molecule is C=NC(=C)CC1CCN(CCC(=O)Nc2ccc(C)cc2)CC1.CC. The molecule has 0 radical (unpaired) electrons. The summed E-state index contributed by atoms with van der Waals surface area (Å²) >= 11 is 0. The smallest absolute Gasteiger partial charge is 0.225 e. The molecule has 138 valence electrons. The molecule has 0 aliphatic carbocycles. The molecular formula is C21H33N3O. The van der Waals surface area contributed by atoms with E-state index in [1.165, 1.54) is 5.56 Å². The summed E-state index contributed by atoms with van der Waals surface area (Å²) in [6.45, 7) is 16.4. The molecule has 1 heterocycles. The molecule has 1 N–H and O–H groups in total. The number of benzene rings is 1. The minimum Gasteiger partial charge on any atom is -0.326 e. The van der Waals surface area contributed by atoms with Gasteiger partial charge in [-0.2, -0.15) is 0 Å². The van der Waals surface area contributed by atoms with Crippen LogP contribution in [0.2, 0.25) is 0 Å². The Morgan fingerprint density at radius 2 is 1.84 bits per heavy atom. The van der Waals surface area contributed by atoms with Crippen molar-refractivity contribution < 1.29 is 4.79 Å². The number of anilines is 1. The van der Waals surface area contributed by atoms with Gasteiger partial charge >= 0.3 is 0 Å². The molecule has 0 unspecified atom stereocenters. The summed E-state index contributed by atoms with van der Waals surface area (Å²) < 4.78 is 0. The van der Waals surface area contributed by atoms with E-state index >= 15 is 0 Å². The van der Waals surface area contributed by atoms with Crippen molar-refractivity contribution in [1.29, 1.82) is 0 Å². The number of allylic oxidation sites excluding steroid dienone is 1. The fourth-order valence-electron chi connectivity index (χ4n) is 2.93. The summed E-state index contributed by atoms with van der Waals surface area (Å²) in [6.07, 6.45) is 3.78. The van der Waals surface area contributed by atoms with Gasteiger partial charge in [0.05, 0.1) is 0 Å². The van der Waals surface area contributed by atoms with Crippen LogP contribution in [-0.2, 0) is 4.79 Å². The number of nitrogens with zero attached hydrogens (tertiary/aromatic N) is 2. The third-order valence-corrected chi connectivity index (χ3v) is 4.45. The van der Waals surface area contributed by atoms with E-state index in [0.29, 0.717) is 12.3 Å². The van der Waals surface area contributed by atoms with Gasteiger partial charge in [-0.25, -0.2) is 0 Å². The first-order valence-corrected chi connectivity index (χ1v) is 9.30. The highest BCUT2D eigenvalue weighted by molar-refractivity contribution is 5.90. The van der Waals surface area contributed by atoms with Crippen LogP contribution in [0.25, 0.3) is 0 Å². The highest BCUT2D eigenvalue weighted by Crippen LogP contribution is 2.23. The van der Waals surface area contributed by atoms with E-state index < -0.39 is 0 Å². The molecule has 0 aromatic heterocycles. The molecule has 2 rings (SSSR count). The van der Waals surface area contributed by atoms with Gasteiger partial charge in [0, 0.05) is 24.4 Å². The maximum atomic E-state index is 12.0. The largest absolute Gasteiger partial charge is 0.326 e. The lowest BCUT2D eigenvalue weighted by molar-refractivity contribution is -0.116. The van der Waals surface area contributed by atoms with Crippen LogP contribution in [0, 0.1) is 12.8 Å². The van der Waals surface area contributed by atoms with Crippen molar-refractivity contribution in [3.8, 4) is 0 Å². The van der Waals surface area contributed by atoms with E-state index in [9.17, 15) is 4.79 Å². The van der Waals surface area contributed by atoms with Crippen molar-refractivity contribution in [2.75, 3.05) is 25.0 Å². The normalized spacial score (nSPS) is 15.0. The zero-order valence-electron chi connectivity index (χ0n) is 16.1. The average Bonchev–Trinajstić information content (AvgIpc) is 2.64. The lowest BCUT2D eigenvalue weighted by Gasteiger charge is -2.31. The Kier molecular flexibility index (Phi) is 9.78. The second-order valence-corrected chi connectivity index (χ2v) is 6.38. The first-order chi connectivity index (χ1) is 12.1. The molecule has 1 fully saturated rings. The van der Waals surface area contributed by atoms with Crippen molar-refractivity contribution in [3.63, 3.8) is 0 Å². The zero-order chi connectivity index (χ0) is 18.7. The van der Waals surface area contributed by atoms with Crippen molar-refractivity contribution in [2.24, 2.45) is 10.9 Å². The first kappa shape index (κ1) is 21.1. The molecule has 1 aromatic rings. The van der Waals surface area contributed by atoms with Crippen LogP contribution in [0.3, 0.4) is 0 Å². The predicted octanol–water partition coefficient (Wildman–Crippen LogP) is 4.67. The van der Waals surface area contributed by atoms with Gasteiger partial charge in [0.1, 0.15) is 0 Å². The first-order valence-electron chi connectivity index (χ1n) is 9.30. The molecule has 1 aliphatic heterocycles. The van der Waals surface area contributed by atoms with Crippen LogP contribution in [0.15, 0.2) is 41.5 Å². The van der Waals surface area contributed by atoms with Crippen molar-refractivity contribution in [2.45, 2.75) is 46.5 Å². The number of likely N-dealkylation sites (tertiary alicyclic amines) is 1. The van der Waals surface area contributed by atoms with Gasteiger partial charge in [-0.1, -0.05) is 38.1 Å². The number of nitrogens with one attached hydrogen (secondary N) is 1. The number of rotatable bonds is 7. The van der Waals surface area contributed by atoms with Crippen LogP contribution in [0.4, 0.5) is 5.69 Å². The fraction of sp³-hybridized carbons (Fsp3) is 0.524. The fourth-order valence-corrected chi connectivity index (χ4v) is 2.93.